The van der Waals surface area contributed by atoms with Crippen molar-refractivity contribution in [3.8, 4) is 0 Å². The number of hydrogen-bond acceptors (Lipinski definition) is 6. The van der Waals surface area contributed by atoms with Gasteiger partial charge in [0.15, 0.2) is 0 Å². The van der Waals surface area contributed by atoms with Gasteiger partial charge in [-0.05, 0) is 116 Å². The number of rotatable bonds is 5. The molecule has 0 saturated heterocycles. The van der Waals surface area contributed by atoms with Crippen LogP contribution in [-0.4, -0.2) is 40.5 Å². The Labute approximate surface area is 251 Å². The molecule has 0 heterocycles. The van der Waals surface area contributed by atoms with E-state index < -0.39 is 24.1 Å². The fraction of sp³-hybridized carbons (Fsp3) is 0.806. The van der Waals surface area contributed by atoms with Gasteiger partial charge in [-0.1, -0.05) is 39.3 Å². The van der Waals surface area contributed by atoms with Crippen LogP contribution in [0, 0.1) is 39.9 Å². The molecule has 0 bridgehead atoms. The van der Waals surface area contributed by atoms with E-state index in [2.05, 4.69) is 27.7 Å². The monoisotopic (exact) mass is 538 g/mol. The van der Waals surface area contributed by atoms with Crippen molar-refractivity contribution in [1.82, 2.24) is 0 Å². The minimum absolute atomic E-state index is 0. The average molecular weight is 539 g/mol. The number of ether oxygens (including phenoxy) is 1. The molecule has 38 heavy (non-hydrogen) atoms. The molecule has 0 amide bonds. The van der Waals surface area contributed by atoms with E-state index in [9.17, 15) is 24.9 Å². The maximum atomic E-state index is 12.5. The Morgan fingerprint density at radius 1 is 1.05 bits per heavy atom. The molecule has 4 aliphatic carbocycles. The Balaban J connectivity index is 0.00000400. The number of carbonyl (C=O) groups is 2. The van der Waals surface area contributed by atoms with Gasteiger partial charge in [0.25, 0.3) is 0 Å². The van der Waals surface area contributed by atoms with Crippen LogP contribution in [0.5, 0.6) is 0 Å². The number of hydrogen-bond donors (Lipinski definition) is 2. The summed E-state index contributed by atoms with van der Waals surface area (Å²) in [5.41, 5.74) is 1.31. The molecule has 2 N–H and O–H groups in total. The van der Waals surface area contributed by atoms with E-state index in [0.717, 1.165) is 31.3 Å². The normalized spacial score (nSPS) is 45.0. The number of esters is 1. The Bertz CT molecular complexity index is 1000. The SMILES string of the molecule is CC(=O)O[C@H]1CC2(C)[C@@H](C[C@@H](O)[C@H]3[C@@]4(C)CC[C@@H](O)[C@@H](C)[C@@H]4CC[C@@]32C)/C1=C(/CCC=C(C)C)C(=O)[O-].[Na+]. The summed E-state index contributed by atoms with van der Waals surface area (Å²) in [7, 11) is 0. The molecule has 4 saturated carbocycles. The summed E-state index contributed by atoms with van der Waals surface area (Å²) in [6.45, 7) is 14.4. The third-order valence-corrected chi connectivity index (χ3v) is 11.6. The van der Waals surface area contributed by atoms with Crippen LogP contribution in [0.25, 0.3) is 0 Å². The smallest absolute Gasteiger partial charge is 0.545 e. The van der Waals surface area contributed by atoms with Crippen LogP contribution < -0.4 is 34.7 Å². The molecule has 0 aliphatic heterocycles. The molecule has 208 valence electrons. The van der Waals surface area contributed by atoms with Gasteiger partial charge >= 0.3 is 35.5 Å². The zero-order valence-electron chi connectivity index (χ0n) is 24.8. The van der Waals surface area contributed by atoms with Gasteiger partial charge in [-0.3, -0.25) is 4.79 Å². The van der Waals surface area contributed by atoms with Gasteiger partial charge in [-0.15, -0.1) is 0 Å². The minimum Gasteiger partial charge on any atom is -0.545 e. The van der Waals surface area contributed by atoms with E-state index in [1.807, 2.05) is 19.9 Å². The van der Waals surface area contributed by atoms with Gasteiger partial charge < -0.3 is 24.9 Å². The maximum Gasteiger partial charge on any atom is 1.00 e. The molecule has 0 spiro atoms. The summed E-state index contributed by atoms with van der Waals surface area (Å²) in [6, 6.07) is 0. The van der Waals surface area contributed by atoms with Gasteiger partial charge in [-0.25, -0.2) is 0 Å². The molecule has 0 radical (unpaired) electrons. The van der Waals surface area contributed by atoms with Crippen LogP contribution in [0.3, 0.4) is 0 Å². The van der Waals surface area contributed by atoms with Gasteiger partial charge in [-0.2, -0.15) is 0 Å². The van der Waals surface area contributed by atoms with Gasteiger partial charge in [0.05, 0.1) is 18.2 Å². The van der Waals surface area contributed by atoms with Crippen molar-refractivity contribution in [2.75, 3.05) is 0 Å². The van der Waals surface area contributed by atoms with Crippen molar-refractivity contribution in [2.45, 2.75) is 118 Å². The number of carbonyl (C=O) groups excluding carboxylic acids is 2. The molecular formula is C31H47NaO6. The van der Waals surface area contributed by atoms with E-state index in [0.29, 0.717) is 37.2 Å². The summed E-state index contributed by atoms with van der Waals surface area (Å²) in [6.07, 6.45) is 5.92. The first-order chi connectivity index (χ1) is 17.2. The zero-order valence-corrected chi connectivity index (χ0v) is 26.8. The van der Waals surface area contributed by atoms with Gasteiger partial charge in [0.1, 0.15) is 6.10 Å². The van der Waals surface area contributed by atoms with Crippen LogP contribution in [-0.2, 0) is 14.3 Å². The Morgan fingerprint density at radius 2 is 1.71 bits per heavy atom. The first-order valence-corrected chi connectivity index (χ1v) is 14.3. The van der Waals surface area contributed by atoms with Crippen molar-refractivity contribution in [2.24, 2.45) is 39.9 Å². The van der Waals surface area contributed by atoms with Crippen LogP contribution in [0.1, 0.15) is 99.8 Å². The predicted molar refractivity (Wildman–Crippen MR) is 140 cm³/mol. The summed E-state index contributed by atoms with van der Waals surface area (Å²) in [4.78, 5) is 24.7. The molecule has 4 aliphatic rings. The zero-order chi connectivity index (χ0) is 27.5. The van der Waals surface area contributed by atoms with E-state index in [-0.39, 0.29) is 75.2 Å². The first kappa shape index (κ1) is 31.9. The summed E-state index contributed by atoms with van der Waals surface area (Å²) in [5, 5.41) is 35.0. The van der Waals surface area contributed by atoms with Crippen molar-refractivity contribution in [1.29, 1.82) is 0 Å². The minimum atomic E-state index is -1.20. The second-order valence-corrected chi connectivity index (χ2v) is 13.6. The first-order valence-electron chi connectivity index (χ1n) is 14.3. The number of fused-ring (bicyclic) bond motifs is 5. The maximum absolute atomic E-state index is 12.5. The second-order valence-electron chi connectivity index (χ2n) is 13.6. The van der Waals surface area contributed by atoms with E-state index in [4.69, 9.17) is 4.74 Å². The van der Waals surface area contributed by atoms with Gasteiger partial charge in [0.2, 0.25) is 0 Å². The third-order valence-electron chi connectivity index (χ3n) is 11.6. The summed E-state index contributed by atoms with van der Waals surface area (Å²) >= 11 is 0. The molecule has 4 fully saturated rings. The largest absolute Gasteiger partial charge is 1.00 e. The molecule has 0 aromatic carbocycles. The quantitative estimate of drug-likeness (QED) is 0.237. The fourth-order valence-corrected chi connectivity index (χ4v) is 9.78. The van der Waals surface area contributed by atoms with Crippen molar-refractivity contribution < 1.29 is 59.2 Å². The summed E-state index contributed by atoms with van der Waals surface area (Å²) in [5.74, 6) is -1.25. The molecule has 0 aromatic heterocycles. The van der Waals surface area contributed by atoms with Crippen molar-refractivity contribution >= 4 is 11.9 Å². The van der Waals surface area contributed by atoms with Crippen molar-refractivity contribution in [3.63, 3.8) is 0 Å². The number of aliphatic hydroxyl groups is 2. The van der Waals surface area contributed by atoms with Gasteiger partial charge in [0, 0.05) is 6.92 Å². The third kappa shape index (κ3) is 5.00. The Morgan fingerprint density at radius 3 is 2.29 bits per heavy atom. The molecule has 7 heteroatoms. The van der Waals surface area contributed by atoms with Crippen molar-refractivity contribution in [3.05, 3.63) is 22.8 Å². The van der Waals surface area contributed by atoms with E-state index in [1.54, 1.807) is 0 Å². The molecule has 0 aromatic rings. The predicted octanol–water partition coefficient (Wildman–Crippen LogP) is 1.34. The van der Waals surface area contributed by atoms with Crippen LogP contribution in [0.2, 0.25) is 0 Å². The molecule has 1 unspecified atom stereocenters. The molecule has 6 nitrogen and oxygen atoms in total. The van der Waals surface area contributed by atoms with Crippen LogP contribution in [0.15, 0.2) is 22.8 Å². The molecule has 10 atom stereocenters. The molecule has 4 rings (SSSR count). The standard InChI is InChI=1S/C31H48O6.Na/c1-17(2)9-8-10-20(28(35)36)26-22-15-24(34)27-29(5)13-12-23(33)18(3)21(29)11-14-30(27,6)31(22,7)16-25(26)37-19(4)32;/h9,18,21-25,27,33-34H,8,10-16H2,1-7H3,(H,35,36);/q;+1/p-1/b26-20+;/t18-,21-,22-,23+,24+,25-,27-,29-,30-,31?;/m0./s1. The molecular weight excluding hydrogens is 491 g/mol. The average Bonchev–Trinajstić information content (AvgIpc) is 3.05. The van der Waals surface area contributed by atoms with Crippen LogP contribution >= 0.6 is 0 Å². The Hall–Kier alpha value is -0.660. The van der Waals surface area contributed by atoms with E-state index >= 15 is 0 Å². The second kappa shape index (κ2) is 11.3. The number of allylic oxidation sites excluding steroid dienone is 2. The fourth-order valence-electron chi connectivity index (χ4n) is 9.78. The van der Waals surface area contributed by atoms with Crippen LogP contribution in [0.4, 0.5) is 0 Å². The number of aliphatic hydroxyl groups excluding tert-OH is 2. The number of aliphatic carboxylic acids is 1. The summed E-state index contributed by atoms with van der Waals surface area (Å²) < 4.78 is 5.84. The Kier molecular flexibility index (Phi) is 9.49. The topological polar surface area (TPSA) is 107 Å². The number of carboxylic acid groups (broad SMARTS) is 1. The number of carboxylic acids is 1. The van der Waals surface area contributed by atoms with E-state index in [1.165, 1.54) is 6.92 Å².